The quantitative estimate of drug-likeness (QED) is 0.575. The molecule has 0 saturated heterocycles. The Balaban J connectivity index is 1.58. The van der Waals surface area contributed by atoms with E-state index in [1.807, 2.05) is 28.9 Å². The normalized spacial score (nSPS) is 14.8. The second kappa shape index (κ2) is 8.03. The lowest BCUT2D eigenvalue weighted by molar-refractivity contribution is -0.947. The van der Waals surface area contributed by atoms with E-state index in [1.165, 1.54) is 29.9 Å². The summed E-state index contributed by atoms with van der Waals surface area (Å²) in [5, 5.41) is 3.89. The molecule has 2 N–H and O–H groups in total. The summed E-state index contributed by atoms with van der Waals surface area (Å²) < 4.78 is 21.0. The number of benzene rings is 2. The van der Waals surface area contributed by atoms with Crippen LogP contribution in [0, 0.1) is 10.6 Å². The van der Waals surface area contributed by atoms with Crippen LogP contribution >= 0.6 is 23.8 Å². The van der Waals surface area contributed by atoms with Crippen molar-refractivity contribution in [3.8, 4) is 17.1 Å². The summed E-state index contributed by atoms with van der Waals surface area (Å²) in [6.07, 6.45) is 2.37. The Kier molecular flexibility index (Phi) is 5.48. The number of nitrogens with zero attached hydrogens (tertiary/aromatic N) is 2. The van der Waals surface area contributed by atoms with E-state index in [-0.39, 0.29) is 5.82 Å². The van der Waals surface area contributed by atoms with Crippen LogP contribution in [0.25, 0.3) is 11.4 Å². The molecule has 2 aromatic carbocycles. The van der Waals surface area contributed by atoms with E-state index in [0.717, 1.165) is 17.7 Å². The van der Waals surface area contributed by atoms with Crippen molar-refractivity contribution in [2.24, 2.45) is 0 Å². The van der Waals surface area contributed by atoms with Crippen LogP contribution in [0.2, 0.25) is 5.02 Å². The first-order valence-corrected chi connectivity index (χ1v) is 9.92. The molecule has 4 rings (SSSR count). The second-order valence-electron chi connectivity index (χ2n) is 7.02. The van der Waals surface area contributed by atoms with Crippen molar-refractivity contribution < 1.29 is 14.0 Å². The van der Waals surface area contributed by atoms with Crippen LogP contribution in [0.4, 0.5) is 4.39 Å². The highest BCUT2D eigenvalue weighted by Crippen LogP contribution is 2.30. The molecule has 3 aromatic rings. The third-order valence-electron chi connectivity index (χ3n) is 4.96. The number of aromatic amines is 1. The zero-order chi connectivity index (χ0) is 19.7. The Bertz CT molecular complexity index is 1030. The number of H-pyrrole nitrogens is 1. The van der Waals surface area contributed by atoms with Gasteiger partial charge in [-0.15, -0.1) is 0 Å². The lowest BCUT2D eigenvalue weighted by Crippen LogP contribution is -3.11. The minimum Gasteiger partial charge on any atom is -0.496 e. The van der Waals surface area contributed by atoms with Gasteiger partial charge < -0.3 is 9.64 Å². The van der Waals surface area contributed by atoms with E-state index >= 15 is 0 Å². The highest BCUT2D eigenvalue weighted by atomic mass is 35.5. The fraction of sp³-hybridized carbons (Fsp3) is 0.300. The van der Waals surface area contributed by atoms with Crippen LogP contribution in [-0.2, 0) is 13.2 Å². The number of hydrogen-bond acceptors (Lipinski definition) is 3. The molecule has 1 aliphatic rings. The number of aromatic nitrogens is 3. The molecule has 0 radical (unpaired) electrons. The maximum atomic E-state index is 13.2. The first-order chi connectivity index (χ1) is 13.5. The molecule has 1 fully saturated rings. The molecule has 0 amide bonds. The molecule has 8 heteroatoms. The third-order valence-corrected chi connectivity index (χ3v) is 5.50. The average Bonchev–Trinajstić information content (AvgIpc) is 3.47. The maximum absolute atomic E-state index is 13.2. The lowest BCUT2D eigenvalue weighted by Gasteiger charge is -2.19. The molecule has 1 atom stereocenters. The summed E-state index contributed by atoms with van der Waals surface area (Å²) in [6, 6.07) is 12.7. The first kappa shape index (κ1) is 19.1. The second-order valence-corrected chi connectivity index (χ2v) is 7.82. The Morgan fingerprint density at radius 3 is 2.71 bits per heavy atom. The van der Waals surface area contributed by atoms with Crippen LogP contribution in [-0.4, -0.2) is 27.9 Å². The van der Waals surface area contributed by atoms with Gasteiger partial charge in [-0.25, -0.2) is 9.07 Å². The van der Waals surface area contributed by atoms with Gasteiger partial charge in [0, 0.05) is 23.4 Å². The molecule has 0 aliphatic heterocycles. The van der Waals surface area contributed by atoms with Crippen LogP contribution in [0.5, 0.6) is 5.75 Å². The van der Waals surface area contributed by atoms with Gasteiger partial charge in [0.05, 0.1) is 18.7 Å². The fourth-order valence-corrected chi connectivity index (χ4v) is 3.71. The predicted octanol–water partition coefficient (Wildman–Crippen LogP) is 3.61. The van der Waals surface area contributed by atoms with Crippen molar-refractivity contribution in [1.82, 2.24) is 14.8 Å². The molecule has 1 aliphatic carbocycles. The van der Waals surface area contributed by atoms with E-state index in [0.29, 0.717) is 34.1 Å². The minimum atomic E-state index is -0.215. The molecular weight excluding hydrogens is 399 g/mol. The van der Waals surface area contributed by atoms with Crippen molar-refractivity contribution >= 4 is 23.8 Å². The van der Waals surface area contributed by atoms with E-state index in [2.05, 4.69) is 10.1 Å². The number of ether oxygens (including phenoxy) is 1. The molecule has 1 unspecified atom stereocenters. The summed E-state index contributed by atoms with van der Waals surface area (Å²) >= 11 is 11.6. The van der Waals surface area contributed by atoms with Crippen molar-refractivity contribution in [3.05, 3.63) is 63.6 Å². The highest BCUT2D eigenvalue weighted by Gasteiger charge is 2.33. The Labute approximate surface area is 172 Å². The predicted molar refractivity (Wildman–Crippen MR) is 108 cm³/mol. The molecule has 146 valence electrons. The van der Waals surface area contributed by atoms with Gasteiger partial charge in [0.2, 0.25) is 4.77 Å². The minimum absolute atomic E-state index is 0.215. The van der Waals surface area contributed by atoms with Crippen LogP contribution in [0.1, 0.15) is 18.4 Å². The number of rotatable bonds is 7. The van der Waals surface area contributed by atoms with Gasteiger partial charge in [0.15, 0.2) is 12.5 Å². The fourth-order valence-electron chi connectivity index (χ4n) is 3.34. The van der Waals surface area contributed by atoms with E-state index in [4.69, 9.17) is 28.6 Å². The molecule has 0 spiro atoms. The summed E-state index contributed by atoms with van der Waals surface area (Å²) in [7, 11) is 1.61. The third kappa shape index (κ3) is 4.27. The van der Waals surface area contributed by atoms with Gasteiger partial charge in [-0.3, -0.25) is 5.10 Å². The van der Waals surface area contributed by atoms with Gasteiger partial charge in [-0.2, -0.15) is 4.98 Å². The zero-order valence-electron chi connectivity index (χ0n) is 15.4. The standard InChI is InChI=1S/C20H20ClFN4OS/c1-27-18-9-4-14(21)10-17(18)19-23-20(28)26(24-19)12-25(16-7-8-16)11-13-2-5-15(22)6-3-13/h2-6,9-10,16H,7-8,11-12H2,1H3,(H,23,24,28)/p+1. The number of methoxy groups -OCH3 is 1. The Morgan fingerprint density at radius 1 is 1.29 bits per heavy atom. The topological polar surface area (TPSA) is 47.3 Å². The molecular formula is C20H21ClFN4OS+. The molecule has 1 aromatic heterocycles. The van der Waals surface area contributed by atoms with Crippen molar-refractivity contribution in [3.63, 3.8) is 0 Å². The highest BCUT2D eigenvalue weighted by molar-refractivity contribution is 7.71. The van der Waals surface area contributed by atoms with Crippen molar-refractivity contribution in [2.45, 2.75) is 32.1 Å². The average molecular weight is 420 g/mol. The number of nitrogens with one attached hydrogen (secondary N) is 2. The SMILES string of the molecule is COc1ccc(Cl)cc1-c1nc(=S)n(C[NH+](Cc2ccc(F)cc2)C2CC2)[nH]1. The molecule has 1 heterocycles. The largest absolute Gasteiger partial charge is 0.496 e. The Hall–Kier alpha value is -2.22. The molecule has 5 nitrogen and oxygen atoms in total. The van der Waals surface area contributed by atoms with Crippen LogP contribution in [0.15, 0.2) is 42.5 Å². The summed E-state index contributed by atoms with van der Waals surface area (Å²) in [5.41, 5.74) is 1.87. The Morgan fingerprint density at radius 2 is 2.04 bits per heavy atom. The van der Waals surface area contributed by atoms with Crippen LogP contribution in [0.3, 0.4) is 0 Å². The smallest absolute Gasteiger partial charge is 0.221 e. The van der Waals surface area contributed by atoms with E-state index in [1.54, 1.807) is 13.2 Å². The summed E-state index contributed by atoms with van der Waals surface area (Å²) in [6.45, 7) is 1.47. The maximum Gasteiger partial charge on any atom is 0.221 e. The van der Waals surface area contributed by atoms with Crippen molar-refractivity contribution in [2.75, 3.05) is 7.11 Å². The summed E-state index contributed by atoms with van der Waals surface area (Å²) in [5.74, 6) is 1.09. The number of quaternary nitrogens is 1. The first-order valence-electron chi connectivity index (χ1n) is 9.13. The van der Waals surface area contributed by atoms with E-state index < -0.39 is 0 Å². The van der Waals surface area contributed by atoms with Crippen molar-refractivity contribution in [1.29, 1.82) is 0 Å². The zero-order valence-corrected chi connectivity index (χ0v) is 17.0. The van der Waals surface area contributed by atoms with Gasteiger partial charge in [0.1, 0.15) is 18.1 Å². The number of hydrogen-bond donors (Lipinski definition) is 2. The molecule has 0 bridgehead atoms. The monoisotopic (exact) mass is 419 g/mol. The lowest BCUT2D eigenvalue weighted by atomic mass is 10.2. The molecule has 1 saturated carbocycles. The summed E-state index contributed by atoms with van der Waals surface area (Å²) in [4.78, 5) is 5.87. The number of halogens is 2. The molecule has 28 heavy (non-hydrogen) atoms. The van der Waals surface area contributed by atoms with Gasteiger partial charge in [-0.05, 0) is 42.5 Å². The van der Waals surface area contributed by atoms with E-state index in [9.17, 15) is 4.39 Å². The van der Waals surface area contributed by atoms with Gasteiger partial charge >= 0.3 is 0 Å². The van der Waals surface area contributed by atoms with Gasteiger partial charge in [0.25, 0.3) is 0 Å². The van der Waals surface area contributed by atoms with Crippen LogP contribution < -0.4 is 9.64 Å². The van der Waals surface area contributed by atoms with Gasteiger partial charge in [-0.1, -0.05) is 23.7 Å².